The Hall–Kier alpha value is -2.42. The number of nitrogens with two attached hydrogens (primary N) is 1. The molecule has 0 saturated carbocycles. The molecule has 2 N–H and O–H groups in total. The van der Waals surface area contributed by atoms with Crippen molar-refractivity contribution in [3.05, 3.63) is 67.8 Å². The Morgan fingerprint density at radius 3 is 2.72 bits per heavy atom. The highest BCUT2D eigenvalue weighted by Crippen LogP contribution is 2.20. The number of amidine groups is 1. The molecule has 0 fully saturated rings. The zero-order chi connectivity index (χ0) is 17.6. The van der Waals surface area contributed by atoms with E-state index in [-0.39, 0.29) is 5.84 Å². The summed E-state index contributed by atoms with van der Waals surface area (Å²) in [5.74, 6) is 0.225. The minimum atomic E-state index is -0.541. The van der Waals surface area contributed by atoms with Gasteiger partial charge in [-0.2, -0.15) is 0 Å². The molecular weight excluding hydrogens is 382 g/mol. The summed E-state index contributed by atoms with van der Waals surface area (Å²) < 4.78 is 6.12. The lowest BCUT2D eigenvalue weighted by molar-refractivity contribution is 0.0522. The first-order chi connectivity index (χ1) is 12.1. The van der Waals surface area contributed by atoms with Crippen LogP contribution >= 0.6 is 34.3 Å². The summed E-state index contributed by atoms with van der Waals surface area (Å²) in [5, 5.41) is 5.45. The van der Waals surface area contributed by atoms with Gasteiger partial charge in [-0.3, -0.25) is 0 Å². The second kappa shape index (κ2) is 8.11. The molecule has 0 atom stereocenters. The zero-order valence-corrected chi connectivity index (χ0v) is 15.1. The van der Waals surface area contributed by atoms with E-state index in [2.05, 4.69) is 10.1 Å². The minimum Gasteiger partial charge on any atom is -0.488 e. The van der Waals surface area contributed by atoms with E-state index >= 15 is 0 Å². The lowest BCUT2D eigenvalue weighted by Crippen LogP contribution is -2.15. The number of hydrogen-bond acceptors (Lipinski definition) is 7. The number of hydrogen-bond donors (Lipinski definition) is 1. The highest BCUT2D eigenvalue weighted by atomic mass is 35.5. The molecule has 0 aliphatic heterocycles. The molecule has 0 unspecified atom stereocenters. The van der Waals surface area contributed by atoms with Crippen molar-refractivity contribution in [2.75, 3.05) is 0 Å². The van der Waals surface area contributed by atoms with Crippen LogP contribution in [0, 0.1) is 0 Å². The van der Waals surface area contributed by atoms with Gasteiger partial charge in [0.15, 0.2) is 10.3 Å². The molecule has 0 saturated heterocycles. The molecule has 0 spiro atoms. The van der Waals surface area contributed by atoms with Gasteiger partial charge >= 0.3 is 5.97 Å². The van der Waals surface area contributed by atoms with Gasteiger partial charge in [0.2, 0.25) is 0 Å². The van der Waals surface area contributed by atoms with E-state index in [0.717, 1.165) is 4.88 Å². The molecule has 9 heteroatoms. The monoisotopic (exact) mass is 393 g/mol. The standard InChI is InChI=1S/C16H12ClN3O3S2/c17-16-19-8-12(25-16)9-22-11-5-3-10(4-6-11)14(18)20-23-15(21)13-2-1-7-24-13/h1-8H,9H2,(H2,18,20). The van der Waals surface area contributed by atoms with Gasteiger partial charge in [-0.15, -0.1) is 22.7 Å². The third-order valence-corrected chi connectivity index (χ3v) is 4.94. The van der Waals surface area contributed by atoms with Crippen molar-refractivity contribution >= 4 is 46.1 Å². The van der Waals surface area contributed by atoms with Crippen LogP contribution in [0.2, 0.25) is 4.47 Å². The summed E-state index contributed by atoms with van der Waals surface area (Å²) in [5.41, 5.74) is 6.45. The van der Waals surface area contributed by atoms with Crippen molar-refractivity contribution in [1.29, 1.82) is 0 Å². The SMILES string of the molecule is NC(=NOC(=O)c1cccs1)c1ccc(OCc2cnc(Cl)s2)cc1. The van der Waals surface area contributed by atoms with Crippen LogP contribution in [0.25, 0.3) is 0 Å². The second-order valence-electron chi connectivity index (χ2n) is 4.73. The minimum absolute atomic E-state index is 0.102. The van der Waals surface area contributed by atoms with Crippen molar-refractivity contribution in [3.8, 4) is 5.75 Å². The Balaban J connectivity index is 1.57. The van der Waals surface area contributed by atoms with Gasteiger partial charge < -0.3 is 15.3 Å². The number of halogens is 1. The Kier molecular flexibility index (Phi) is 5.64. The fourth-order valence-corrected chi connectivity index (χ4v) is 3.30. The maximum absolute atomic E-state index is 11.7. The first-order valence-electron chi connectivity index (χ1n) is 7.03. The predicted octanol–water partition coefficient (Wildman–Crippen LogP) is 3.91. The Morgan fingerprint density at radius 2 is 2.08 bits per heavy atom. The Morgan fingerprint density at radius 1 is 1.28 bits per heavy atom. The number of aromatic nitrogens is 1. The Labute approximate surface area is 156 Å². The van der Waals surface area contributed by atoms with E-state index in [9.17, 15) is 4.79 Å². The van der Waals surface area contributed by atoms with E-state index < -0.39 is 5.97 Å². The van der Waals surface area contributed by atoms with Crippen LogP contribution in [0.5, 0.6) is 5.75 Å². The molecular formula is C16H12ClN3O3S2. The van der Waals surface area contributed by atoms with Crippen molar-refractivity contribution in [3.63, 3.8) is 0 Å². The molecule has 2 heterocycles. The maximum atomic E-state index is 11.7. The molecule has 0 aliphatic rings. The van der Waals surface area contributed by atoms with Gasteiger partial charge in [0.05, 0.1) is 4.88 Å². The molecule has 0 bridgehead atoms. The number of rotatable bonds is 6. The molecule has 25 heavy (non-hydrogen) atoms. The fourth-order valence-electron chi connectivity index (χ4n) is 1.81. The summed E-state index contributed by atoms with van der Waals surface area (Å²) >= 11 is 8.41. The third-order valence-electron chi connectivity index (χ3n) is 3.01. The van der Waals surface area contributed by atoms with Crippen LogP contribution < -0.4 is 10.5 Å². The lowest BCUT2D eigenvalue weighted by atomic mass is 10.2. The van der Waals surface area contributed by atoms with Crippen LogP contribution in [0.3, 0.4) is 0 Å². The number of thiazole rings is 1. The molecule has 2 aromatic heterocycles. The second-order valence-corrected chi connectivity index (χ2v) is 7.37. The summed E-state index contributed by atoms with van der Waals surface area (Å²) in [4.78, 5) is 21.9. The van der Waals surface area contributed by atoms with E-state index in [0.29, 0.717) is 27.3 Å². The van der Waals surface area contributed by atoms with Gasteiger partial charge in [-0.25, -0.2) is 9.78 Å². The van der Waals surface area contributed by atoms with Crippen molar-refractivity contribution in [2.24, 2.45) is 10.9 Å². The largest absolute Gasteiger partial charge is 0.488 e. The van der Waals surface area contributed by atoms with Crippen molar-refractivity contribution in [1.82, 2.24) is 4.98 Å². The molecule has 3 rings (SSSR count). The number of benzene rings is 1. The molecule has 128 valence electrons. The highest BCUT2D eigenvalue weighted by molar-refractivity contribution is 7.15. The summed E-state index contributed by atoms with van der Waals surface area (Å²) in [7, 11) is 0. The van der Waals surface area contributed by atoms with Crippen LogP contribution in [-0.4, -0.2) is 16.8 Å². The van der Waals surface area contributed by atoms with Gasteiger partial charge in [0, 0.05) is 11.8 Å². The molecule has 1 aromatic carbocycles. The van der Waals surface area contributed by atoms with E-state index in [1.54, 1.807) is 48.0 Å². The van der Waals surface area contributed by atoms with Crippen LogP contribution in [0.15, 0.2) is 53.1 Å². The smallest absolute Gasteiger partial charge is 0.375 e. The van der Waals surface area contributed by atoms with Crippen LogP contribution in [-0.2, 0) is 11.4 Å². The topological polar surface area (TPSA) is 86.8 Å². The van der Waals surface area contributed by atoms with E-state index in [4.69, 9.17) is 26.9 Å². The maximum Gasteiger partial charge on any atom is 0.375 e. The predicted molar refractivity (Wildman–Crippen MR) is 98.4 cm³/mol. The molecule has 0 radical (unpaired) electrons. The zero-order valence-electron chi connectivity index (χ0n) is 12.7. The number of carbonyl (C=O) groups excluding carboxylic acids is 1. The lowest BCUT2D eigenvalue weighted by Gasteiger charge is -2.05. The van der Waals surface area contributed by atoms with Gasteiger partial charge in [-0.1, -0.05) is 22.8 Å². The first-order valence-corrected chi connectivity index (χ1v) is 9.11. The van der Waals surface area contributed by atoms with E-state index in [1.165, 1.54) is 22.7 Å². The normalized spacial score (nSPS) is 11.3. The highest BCUT2D eigenvalue weighted by Gasteiger charge is 2.09. The number of carbonyl (C=O) groups is 1. The number of oxime groups is 1. The summed E-state index contributed by atoms with van der Waals surface area (Å²) in [6.07, 6.45) is 1.67. The number of ether oxygens (including phenoxy) is 1. The van der Waals surface area contributed by atoms with Crippen molar-refractivity contribution < 1.29 is 14.4 Å². The van der Waals surface area contributed by atoms with Gasteiger partial charge in [-0.05, 0) is 35.7 Å². The average Bonchev–Trinajstić information content (AvgIpc) is 3.30. The van der Waals surface area contributed by atoms with E-state index in [1.807, 2.05) is 0 Å². The third kappa shape index (κ3) is 4.79. The van der Waals surface area contributed by atoms with Gasteiger partial charge in [0.25, 0.3) is 0 Å². The van der Waals surface area contributed by atoms with Gasteiger partial charge in [0.1, 0.15) is 17.2 Å². The molecule has 3 aromatic rings. The number of thiophene rings is 1. The van der Waals surface area contributed by atoms with Crippen LogP contribution in [0.1, 0.15) is 20.1 Å². The molecule has 6 nitrogen and oxygen atoms in total. The molecule has 0 aliphatic carbocycles. The Bertz CT molecular complexity index is 876. The average molecular weight is 394 g/mol. The quantitative estimate of drug-likeness (QED) is 0.297. The van der Waals surface area contributed by atoms with Crippen LogP contribution in [0.4, 0.5) is 0 Å². The number of nitrogens with zero attached hydrogens (tertiary/aromatic N) is 2. The summed E-state index contributed by atoms with van der Waals surface area (Å²) in [6, 6.07) is 10.4. The molecule has 0 amide bonds. The first kappa shape index (κ1) is 17.4. The van der Waals surface area contributed by atoms with Crippen molar-refractivity contribution in [2.45, 2.75) is 6.61 Å². The summed E-state index contributed by atoms with van der Waals surface area (Å²) in [6.45, 7) is 0.381. The fraction of sp³-hybridized carbons (Fsp3) is 0.0625.